The topological polar surface area (TPSA) is 41.6 Å². The highest BCUT2D eigenvalue weighted by atomic mass is 16.5. The van der Waals surface area contributed by atoms with Crippen molar-refractivity contribution in [2.75, 3.05) is 32.8 Å². The van der Waals surface area contributed by atoms with Gasteiger partial charge < -0.3 is 15.0 Å². The minimum atomic E-state index is -0.0241. The van der Waals surface area contributed by atoms with Crippen LogP contribution in [0.15, 0.2) is 12.2 Å². The maximum atomic E-state index is 12.4. The number of allylic oxidation sites excluding steroid dienone is 2. The Morgan fingerprint density at radius 3 is 2.84 bits per heavy atom. The average molecular weight is 266 g/mol. The standard InChI is InChI=1S/C15H26N2O2/c1-2-14(15(18)17-8-10-19-11-9-17)16-12-13-6-4-3-5-7-13/h3-4,13-14,16H,2,5-12H2,1H3/t13-,14+/m0/s1. The van der Waals surface area contributed by atoms with Crippen molar-refractivity contribution in [1.82, 2.24) is 10.2 Å². The highest BCUT2D eigenvalue weighted by Crippen LogP contribution is 2.17. The van der Waals surface area contributed by atoms with Gasteiger partial charge in [-0.3, -0.25) is 4.79 Å². The van der Waals surface area contributed by atoms with Crippen molar-refractivity contribution in [2.45, 2.75) is 38.6 Å². The molecule has 1 amide bonds. The molecule has 2 aliphatic rings. The van der Waals surface area contributed by atoms with Gasteiger partial charge >= 0.3 is 0 Å². The molecular weight excluding hydrogens is 240 g/mol. The molecule has 0 saturated carbocycles. The third-order valence-electron chi connectivity index (χ3n) is 4.06. The Morgan fingerprint density at radius 2 is 2.21 bits per heavy atom. The van der Waals surface area contributed by atoms with Crippen LogP contribution in [0.1, 0.15) is 32.6 Å². The zero-order valence-electron chi connectivity index (χ0n) is 11.9. The summed E-state index contributed by atoms with van der Waals surface area (Å²) in [6.45, 7) is 5.87. The van der Waals surface area contributed by atoms with Gasteiger partial charge in [-0.1, -0.05) is 19.1 Å². The van der Waals surface area contributed by atoms with Crippen LogP contribution in [-0.4, -0.2) is 49.7 Å². The van der Waals surface area contributed by atoms with E-state index >= 15 is 0 Å². The van der Waals surface area contributed by atoms with Gasteiger partial charge in [-0.15, -0.1) is 0 Å². The molecule has 0 radical (unpaired) electrons. The third kappa shape index (κ3) is 4.32. The number of morpholine rings is 1. The fraction of sp³-hybridized carbons (Fsp3) is 0.800. The number of nitrogens with zero attached hydrogens (tertiary/aromatic N) is 1. The first-order valence-electron chi connectivity index (χ1n) is 7.56. The van der Waals surface area contributed by atoms with Gasteiger partial charge in [0.05, 0.1) is 19.3 Å². The van der Waals surface area contributed by atoms with Crippen molar-refractivity contribution in [1.29, 1.82) is 0 Å². The van der Waals surface area contributed by atoms with Gasteiger partial charge in [-0.25, -0.2) is 0 Å². The Hall–Kier alpha value is -0.870. The van der Waals surface area contributed by atoms with Gasteiger partial charge in [-0.2, -0.15) is 0 Å². The minimum absolute atomic E-state index is 0.0241. The van der Waals surface area contributed by atoms with Crippen LogP contribution in [0.25, 0.3) is 0 Å². The Labute approximate surface area is 116 Å². The first kappa shape index (κ1) is 14.5. The zero-order valence-corrected chi connectivity index (χ0v) is 11.9. The molecule has 0 bridgehead atoms. The minimum Gasteiger partial charge on any atom is -0.378 e. The number of nitrogens with one attached hydrogen (secondary N) is 1. The van der Waals surface area contributed by atoms with Gasteiger partial charge in [0.1, 0.15) is 0 Å². The lowest BCUT2D eigenvalue weighted by Crippen LogP contribution is -2.51. The van der Waals surface area contributed by atoms with E-state index in [0.29, 0.717) is 19.1 Å². The Bertz CT molecular complexity index is 311. The molecule has 2 rings (SSSR count). The first-order valence-corrected chi connectivity index (χ1v) is 7.56. The van der Waals surface area contributed by atoms with Crippen LogP contribution in [0.3, 0.4) is 0 Å². The number of hydrogen-bond donors (Lipinski definition) is 1. The smallest absolute Gasteiger partial charge is 0.239 e. The van der Waals surface area contributed by atoms with Crippen LogP contribution in [0.2, 0.25) is 0 Å². The second kappa shape index (κ2) is 7.65. The van der Waals surface area contributed by atoms with E-state index in [2.05, 4.69) is 24.4 Å². The van der Waals surface area contributed by atoms with Crippen LogP contribution in [0.5, 0.6) is 0 Å². The number of hydrogen-bond acceptors (Lipinski definition) is 3. The summed E-state index contributed by atoms with van der Waals surface area (Å²) >= 11 is 0. The summed E-state index contributed by atoms with van der Waals surface area (Å²) in [4.78, 5) is 14.3. The highest BCUT2D eigenvalue weighted by molar-refractivity contribution is 5.81. The summed E-state index contributed by atoms with van der Waals surface area (Å²) in [6, 6.07) is -0.0241. The summed E-state index contributed by atoms with van der Waals surface area (Å²) in [5, 5.41) is 3.47. The van der Waals surface area contributed by atoms with E-state index in [4.69, 9.17) is 4.74 Å². The molecule has 0 aromatic heterocycles. The van der Waals surface area contributed by atoms with Gasteiger partial charge in [0.15, 0.2) is 0 Å². The van der Waals surface area contributed by atoms with Crippen molar-refractivity contribution >= 4 is 5.91 Å². The molecule has 4 heteroatoms. The summed E-state index contributed by atoms with van der Waals surface area (Å²) in [5.74, 6) is 0.939. The number of rotatable bonds is 5. The molecule has 108 valence electrons. The van der Waals surface area contributed by atoms with Crippen molar-refractivity contribution in [3.05, 3.63) is 12.2 Å². The van der Waals surface area contributed by atoms with Gasteiger partial charge in [-0.05, 0) is 38.1 Å². The lowest BCUT2D eigenvalue weighted by Gasteiger charge is -2.31. The van der Waals surface area contributed by atoms with Crippen molar-refractivity contribution in [3.8, 4) is 0 Å². The van der Waals surface area contributed by atoms with Crippen LogP contribution in [0.4, 0.5) is 0 Å². The molecule has 0 spiro atoms. The molecule has 1 aliphatic heterocycles. The number of carbonyl (C=O) groups is 1. The van der Waals surface area contributed by atoms with E-state index in [9.17, 15) is 4.79 Å². The highest BCUT2D eigenvalue weighted by Gasteiger charge is 2.24. The predicted octanol–water partition coefficient (Wildman–Crippen LogP) is 1.57. The lowest BCUT2D eigenvalue weighted by atomic mass is 9.94. The predicted molar refractivity (Wildman–Crippen MR) is 76.0 cm³/mol. The molecule has 0 aromatic carbocycles. The molecule has 1 fully saturated rings. The number of ether oxygens (including phenoxy) is 1. The van der Waals surface area contributed by atoms with Crippen LogP contribution >= 0.6 is 0 Å². The summed E-state index contributed by atoms with van der Waals surface area (Å²) in [5.41, 5.74) is 0. The van der Waals surface area contributed by atoms with Gasteiger partial charge in [0.2, 0.25) is 5.91 Å². The normalized spacial score (nSPS) is 25.3. The average Bonchev–Trinajstić information content (AvgIpc) is 2.49. The SMILES string of the molecule is CC[C@@H](NC[C@H]1CC=CCC1)C(=O)N1CCOCC1. The van der Waals surface area contributed by atoms with Crippen LogP contribution in [0, 0.1) is 5.92 Å². The fourth-order valence-electron chi connectivity index (χ4n) is 2.76. The maximum Gasteiger partial charge on any atom is 0.239 e. The monoisotopic (exact) mass is 266 g/mol. The fourth-order valence-corrected chi connectivity index (χ4v) is 2.76. The van der Waals surface area contributed by atoms with Crippen molar-refractivity contribution < 1.29 is 9.53 Å². The Morgan fingerprint density at radius 1 is 1.42 bits per heavy atom. The lowest BCUT2D eigenvalue weighted by molar-refractivity contribution is -0.137. The second-order valence-corrected chi connectivity index (χ2v) is 5.46. The van der Waals surface area contributed by atoms with E-state index in [-0.39, 0.29) is 11.9 Å². The van der Waals surface area contributed by atoms with E-state index in [1.54, 1.807) is 0 Å². The molecule has 0 unspecified atom stereocenters. The van der Waals surface area contributed by atoms with Gasteiger partial charge in [0.25, 0.3) is 0 Å². The molecular formula is C15H26N2O2. The van der Waals surface area contributed by atoms with Gasteiger partial charge in [0, 0.05) is 13.1 Å². The van der Waals surface area contributed by atoms with E-state index in [0.717, 1.165) is 32.5 Å². The summed E-state index contributed by atoms with van der Waals surface area (Å²) < 4.78 is 5.30. The maximum absolute atomic E-state index is 12.4. The largest absolute Gasteiger partial charge is 0.378 e. The molecule has 2 atom stereocenters. The summed E-state index contributed by atoms with van der Waals surface area (Å²) in [6.07, 6.45) is 8.95. The Balaban J connectivity index is 1.77. The van der Waals surface area contributed by atoms with Crippen LogP contribution < -0.4 is 5.32 Å². The summed E-state index contributed by atoms with van der Waals surface area (Å²) in [7, 11) is 0. The number of amides is 1. The van der Waals surface area contributed by atoms with E-state index in [1.807, 2.05) is 4.90 Å². The number of carbonyl (C=O) groups excluding carboxylic acids is 1. The third-order valence-corrected chi connectivity index (χ3v) is 4.06. The Kier molecular flexibility index (Phi) is 5.86. The second-order valence-electron chi connectivity index (χ2n) is 5.46. The molecule has 1 aliphatic carbocycles. The van der Waals surface area contributed by atoms with E-state index < -0.39 is 0 Å². The quantitative estimate of drug-likeness (QED) is 0.768. The van der Waals surface area contributed by atoms with Crippen molar-refractivity contribution in [3.63, 3.8) is 0 Å². The molecule has 1 heterocycles. The van der Waals surface area contributed by atoms with Crippen LogP contribution in [-0.2, 0) is 9.53 Å². The molecule has 1 N–H and O–H groups in total. The molecule has 0 aromatic rings. The molecule has 4 nitrogen and oxygen atoms in total. The van der Waals surface area contributed by atoms with Crippen molar-refractivity contribution in [2.24, 2.45) is 5.92 Å². The molecule has 19 heavy (non-hydrogen) atoms. The zero-order chi connectivity index (χ0) is 13.5. The van der Waals surface area contributed by atoms with E-state index in [1.165, 1.54) is 12.8 Å². The molecule has 1 saturated heterocycles. The first-order chi connectivity index (χ1) is 9.31.